The summed E-state index contributed by atoms with van der Waals surface area (Å²) in [5.41, 5.74) is 6.78. The molecular formula is C15H16FN3O. The predicted molar refractivity (Wildman–Crippen MR) is 75.5 cm³/mol. The van der Waals surface area contributed by atoms with Crippen molar-refractivity contribution in [1.82, 2.24) is 9.88 Å². The lowest BCUT2D eigenvalue weighted by atomic mass is 10.1. The summed E-state index contributed by atoms with van der Waals surface area (Å²) in [4.78, 5) is 17.8. The molecule has 5 heteroatoms. The van der Waals surface area contributed by atoms with Gasteiger partial charge in [-0.1, -0.05) is 0 Å². The first-order valence-electron chi connectivity index (χ1n) is 6.35. The average Bonchev–Trinajstić information content (AvgIpc) is 2.45. The van der Waals surface area contributed by atoms with Gasteiger partial charge in [0.2, 0.25) is 0 Å². The number of rotatable bonds is 4. The molecule has 4 nitrogen and oxygen atoms in total. The molecule has 1 aromatic heterocycles. The lowest BCUT2D eigenvalue weighted by Crippen LogP contribution is -2.31. The topological polar surface area (TPSA) is 59.2 Å². The molecule has 2 aromatic rings. The Kier molecular flexibility index (Phi) is 4.30. The van der Waals surface area contributed by atoms with Gasteiger partial charge in [0.15, 0.2) is 0 Å². The van der Waals surface area contributed by atoms with Crippen molar-refractivity contribution < 1.29 is 9.18 Å². The van der Waals surface area contributed by atoms with Crippen LogP contribution in [0.25, 0.3) is 0 Å². The molecule has 1 amide bonds. The molecule has 0 saturated carbocycles. The number of halogens is 1. The molecule has 0 saturated heterocycles. The van der Waals surface area contributed by atoms with Gasteiger partial charge in [-0.15, -0.1) is 0 Å². The van der Waals surface area contributed by atoms with Gasteiger partial charge in [-0.2, -0.15) is 0 Å². The number of hydrogen-bond donors (Lipinski definition) is 1. The van der Waals surface area contributed by atoms with Crippen molar-refractivity contribution in [3.05, 3.63) is 59.7 Å². The van der Waals surface area contributed by atoms with E-state index >= 15 is 0 Å². The molecule has 1 aromatic carbocycles. The first-order chi connectivity index (χ1) is 9.61. The molecule has 0 bridgehead atoms. The van der Waals surface area contributed by atoms with Crippen molar-refractivity contribution in [1.29, 1.82) is 0 Å². The van der Waals surface area contributed by atoms with Gasteiger partial charge in [-0.05, 0) is 42.8 Å². The van der Waals surface area contributed by atoms with Crippen molar-refractivity contribution in [2.75, 3.05) is 12.3 Å². The summed E-state index contributed by atoms with van der Waals surface area (Å²) in [7, 11) is 0. The standard InChI is InChI=1S/C15H16FN3O/c1-2-19(10-11-5-7-18-8-6-11)15(20)13-4-3-12(17)9-14(13)16/h3-9H,2,10,17H2,1H3. The van der Waals surface area contributed by atoms with E-state index in [9.17, 15) is 9.18 Å². The zero-order chi connectivity index (χ0) is 14.5. The number of carbonyl (C=O) groups is 1. The summed E-state index contributed by atoms with van der Waals surface area (Å²) in [5, 5.41) is 0. The number of aromatic nitrogens is 1. The van der Waals surface area contributed by atoms with Crippen LogP contribution in [0.15, 0.2) is 42.7 Å². The van der Waals surface area contributed by atoms with Crippen LogP contribution in [0.1, 0.15) is 22.8 Å². The van der Waals surface area contributed by atoms with Crippen molar-refractivity contribution in [2.24, 2.45) is 0 Å². The quantitative estimate of drug-likeness (QED) is 0.870. The van der Waals surface area contributed by atoms with Crippen molar-refractivity contribution in [3.8, 4) is 0 Å². The molecule has 20 heavy (non-hydrogen) atoms. The highest BCUT2D eigenvalue weighted by Gasteiger charge is 2.18. The maximum atomic E-state index is 13.8. The average molecular weight is 273 g/mol. The van der Waals surface area contributed by atoms with E-state index in [1.807, 2.05) is 19.1 Å². The lowest BCUT2D eigenvalue weighted by Gasteiger charge is -2.21. The number of nitrogens with two attached hydrogens (primary N) is 1. The van der Waals surface area contributed by atoms with Gasteiger partial charge in [0, 0.05) is 31.2 Å². The Morgan fingerprint density at radius 2 is 2.00 bits per heavy atom. The van der Waals surface area contributed by atoms with Crippen LogP contribution in [0.4, 0.5) is 10.1 Å². The molecule has 1 heterocycles. The largest absolute Gasteiger partial charge is 0.399 e. The Balaban J connectivity index is 2.21. The summed E-state index contributed by atoms with van der Waals surface area (Å²) in [5.74, 6) is -0.940. The second-order valence-electron chi connectivity index (χ2n) is 4.41. The molecule has 2 N–H and O–H groups in total. The number of benzene rings is 1. The van der Waals surface area contributed by atoms with Gasteiger partial charge in [-0.3, -0.25) is 9.78 Å². The molecule has 104 valence electrons. The zero-order valence-electron chi connectivity index (χ0n) is 11.2. The van der Waals surface area contributed by atoms with Crippen LogP contribution in [0.2, 0.25) is 0 Å². The van der Waals surface area contributed by atoms with Gasteiger partial charge < -0.3 is 10.6 Å². The van der Waals surface area contributed by atoms with E-state index < -0.39 is 5.82 Å². The first kappa shape index (κ1) is 14.0. The molecule has 0 aliphatic heterocycles. The van der Waals surface area contributed by atoms with Gasteiger partial charge >= 0.3 is 0 Å². The summed E-state index contributed by atoms with van der Waals surface area (Å²) < 4.78 is 13.8. The fourth-order valence-electron chi connectivity index (χ4n) is 1.91. The Morgan fingerprint density at radius 1 is 1.30 bits per heavy atom. The Hall–Kier alpha value is -2.43. The molecule has 0 fully saturated rings. The molecule has 0 spiro atoms. The van der Waals surface area contributed by atoms with E-state index in [1.54, 1.807) is 17.3 Å². The molecule has 0 atom stereocenters. The number of nitrogen functional groups attached to an aromatic ring is 1. The third kappa shape index (κ3) is 3.12. The molecular weight excluding hydrogens is 257 g/mol. The van der Waals surface area contributed by atoms with Gasteiger partial charge in [0.25, 0.3) is 5.91 Å². The number of hydrogen-bond acceptors (Lipinski definition) is 3. The molecule has 2 rings (SSSR count). The van der Waals surface area contributed by atoms with Crippen LogP contribution >= 0.6 is 0 Å². The Labute approximate surface area is 117 Å². The van der Waals surface area contributed by atoms with Crippen molar-refractivity contribution in [2.45, 2.75) is 13.5 Å². The van der Waals surface area contributed by atoms with E-state index in [4.69, 9.17) is 5.73 Å². The second kappa shape index (κ2) is 6.14. The van der Waals surface area contributed by atoms with Crippen LogP contribution < -0.4 is 5.73 Å². The highest BCUT2D eigenvalue weighted by Crippen LogP contribution is 2.15. The van der Waals surface area contributed by atoms with E-state index in [0.717, 1.165) is 11.6 Å². The normalized spacial score (nSPS) is 10.3. The van der Waals surface area contributed by atoms with E-state index in [2.05, 4.69) is 4.98 Å². The van der Waals surface area contributed by atoms with Crippen LogP contribution in [0, 0.1) is 5.82 Å². The smallest absolute Gasteiger partial charge is 0.257 e. The fourth-order valence-corrected chi connectivity index (χ4v) is 1.91. The summed E-state index contributed by atoms with van der Waals surface area (Å²) in [6.45, 7) is 2.76. The zero-order valence-corrected chi connectivity index (χ0v) is 11.2. The third-order valence-electron chi connectivity index (χ3n) is 3.02. The van der Waals surface area contributed by atoms with Gasteiger partial charge in [0.05, 0.1) is 5.56 Å². The Bertz CT molecular complexity index is 601. The second-order valence-corrected chi connectivity index (χ2v) is 4.41. The number of amides is 1. The van der Waals surface area contributed by atoms with E-state index in [-0.39, 0.29) is 11.5 Å². The van der Waals surface area contributed by atoms with Crippen LogP contribution in [0.3, 0.4) is 0 Å². The highest BCUT2D eigenvalue weighted by atomic mass is 19.1. The minimum atomic E-state index is -0.594. The minimum Gasteiger partial charge on any atom is -0.399 e. The first-order valence-corrected chi connectivity index (χ1v) is 6.35. The lowest BCUT2D eigenvalue weighted by molar-refractivity contribution is 0.0748. The van der Waals surface area contributed by atoms with Gasteiger partial charge in [0.1, 0.15) is 5.82 Å². The van der Waals surface area contributed by atoms with Crippen molar-refractivity contribution in [3.63, 3.8) is 0 Å². The van der Waals surface area contributed by atoms with Crippen LogP contribution in [0.5, 0.6) is 0 Å². The van der Waals surface area contributed by atoms with Crippen LogP contribution in [-0.2, 0) is 6.54 Å². The maximum absolute atomic E-state index is 13.8. The highest BCUT2D eigenvalue weighted by molar-refractivity contribution is 5.94. The van der Waals surface area contributed by atoms with E-state index in [1.165, 1.54) is 12.1 Å². The summed E-state index contributed by atoms with van der Waals surface area (Å²) in [6, 6.07) is 7.76. The predicted octanol–water partition coefficient (Wildman–Crippen LogP) is 2.47. The minimum absolute atomic E-state index is 0.0371. The maximum Gasteiger partial charge on any atom is 0.257 e. The fraction of sp³-hybridized carbons (Fsp3) is 0.200. The molecule has 0 unspecified atom stereocenters. The Morgan fingerprint density at radius 3 is 2.60 bits per heavy atom. The molecule has 0 aliphatic rings. The van der Waals surface area contributed by atoms with E-state index in [0.29, 0.717) is 18.8 Å². The number of carbonyl (C=O) groups excluding carboxylic acids is 1. The van der Waals surface area contributed by atoms with Crippen LogP contribution in [-0.4, -0.2) is 22.3 Å². The molecule has 0 aliphatic carbocycles. The summed E-state index contributed by atoms with van der Waals surface area (Å²) >= 11 is 0. The molecule has 0 radical (unpaired) electrons. The number of pyridine rings is 1. The summed E-state index contributed by atoms with van der Waals surface area (Å²) in [6.07, 6.45) is 3.33. The van der Waals surface area contributed by atoms with Gasteiger partial charge in [-0.25, -0.2) is 4.39 Å². The SMILES string of the molecule is CCN(Cc1ccncc1)C(=O)c1ccc(N)cc1F. The number of anilines is 1. The monoisotopic (exact) mass is 273 g/mol. The third-order valence-corrected chi connectivity index (χ3v) is 3.02. The van der Waals surface area contributed by atoms with Crippen molar-refractivity contribution >= 4 is 11.6 Å². The number of nitrogens with zero attached hydrogens (tertiary/aromatic N) is 2.